The third kappa shape index (κ3) is 3.54. The summed E-state index contributed by atoms with van der Waals surface area (Å²) in [5.74, 6) is -2.97. The Bertz CT molecular complexity index is 730. The number of hydrogen-bond acceptors (Lipinski definition) is 1. The van der Waals surface area contributed by atoms with Gasteiger partial charge in [-0.15, -0.1) is 0 Å². The van der Waals surface area contributed by atoms with Crippen LogP contribution in [0.1, 0.15) is 15.9 Å². The van der Waals surface area contributed by atoms with Crippen molar-refractivity contribution in [3.63, 3.8) is 0 Å². The Hall–Kier alpha value is -2.15. The molecule has 0 fully saturated rings. The number of amides is 1. The van der Waals surface area contributed by atoms with Gasteiger partial charge in [0.25, 0.3) is 5.91 Å². The molecule has 1 amide bonds. The van der Waals surface area contributed by atoms with Gasteiger partial charge in [-0.05, 0) is 36.4 Å². The lowest BCUT2D eigenvalue weighted by molar-refractivity contribution is -0.138. The first-order chi connectivity index (χ1) is 10.2. The summed E-state index contributed by atoms with van der Waals surface area (Å²) in [6.45, 7) is 0. The van der Waals surface area contributed by atoms with Gasteiger partial charge in [0.15, 0.2) is 0 Å². The van der Waals surface area contributed by atoms with Crippen LogP contribution in [0, 0.1) is 11.6 Å². The van der Waals surface area contributed by atoms with E-state index >= 15 is 0 Å². The van der Waals surface area contributed by atoms with Crippen LogP contribution in [0.25, 0.3) is 0 Å². The van der Waals surface area contributed by atoms with Gasteiger partial charge in [-0.1, -0.05) is 11.6 Å². The van der Waals surface area contributed by atoms with E-state index in [1.165, 1.54) is 0 Å². The number of halogens is 6. The van der Waals surface area contributed by atoms with Gasteiger partial charge in [-0.25, -0.2) is 8.78 Å². The molecule has 0 saturated heterocycles. The van der Waals surface area contributed by atoms with Crippen LogP contribution in [-0.4, -0.2) is 5.91 Å². The van der Waals surface area contributed by atoms with E-state index in [-0.39, 0.29) is 16.8 Å². The molecule has 2 aromatic rings. The average molecular weight is 336 g/mol. The summed E-state index contributed by atoms with van der Waals surface area (Å²) in [6.07, 6.45) is -4.89. The number of carbonyl (C=O) groups excluding carboxylic acids is 1. The SMILES string of the molecule is O=C(Nc1ccc(F)c(Cl)c1)c1ccc(F)cc1C(F)(F)F. The lowest BCUT2D eigenvalue weighted by atomic mass is 10.1. The Kier molecular flexibility index (Phi) is 4.37. The van der Waals surface area contributed by atoms with Crippen LogP contribution >= 0.6 is 11.6 Å². The molecule has 8 heteroatoms. The minimum atomic E-state index is -4.89. The molecule has 0 atom stereocenters. The summed E-state index contributed by atoms with van der Waals surface area (Å²) in [7, 11) is 0. The van der Waals surface area contributed by atoms with Crippen LogP contribution in [-0.2, 0) is 6.18 Å². The molecule has 1 N–H and O–H groups in total. The lowest BCUT2D eigenvalue weighted by Crippen LogP contribution is -2.19. The van der Waals surface area contributed by atoms with Gasteiger partial charge >= 0.3 is 6.18 Å². The van der Waals surface area contributed by atoms with Gasteiger partial charge < -0.3 is 5.32 Å². The van der Waals surface area contributed by atoms with E-state index in [0.29, 0.717) is 0 Å². The molecular weight excluding hydrogens is 329 g/mol. The maximum Gasteiger partial charge on any atom is 0.417 e. The van der Waals surface area contributed by atoms with E-state index < -0.39 is 34.8 Å². The summed E-state index contributed by atoms with van der Waals surface area (Å²) in [5, 5.41) is 1.85. The predicted octanol–water partition coefficient (Wildman–Crippen LogP) is 4.89. The van der Waals surface area contributed by atoms with Crippen LogP contribution in [0.5, 0.6) is 0 Å². The summed E-state index contributed by atoms with van der Waals surface area (Å²) in [5.41, 5.74) is -2.15. The normalized spacial score (nSPS) is 11.4. The fourth-order valence-corrected chi connectivity index (χ4v) is 1.90. The Labute approximate surface area is 126 Å². The average Bonchev–Trinajstić information content (AvgIpc) is 2.41. The van der Waals surface area contributed by atoms with Crippen LogP contribution in [0.2, 0.25) is 5.02 Å². The molecular formula is C14H7ClF5NO. The number of anilines is 1. The number of alkyl halides is 3. The van der Waals surface area contributed by atoms with Crippen molar-refractivity contribution in [1.82, 2.24) is 0 Å². The zero-order valence-electron chi connectivity index (χ0n) is 10.6. The standard InChI is InChI=1S/C14H7ClF5NO/c15-11-6-8(2-4-12(11)17)21-13(22)9-3-1-7(16)5-10(9)14(18,19)20/h1-6H,(H,21,22). The highest BCUT2D eigenvalue weighted by atomic mass is 35.5. The van der Waals surface area contributed by atoms with E-state index in [1.54, 1.807) is 0 Å². The second kappa shape index (κ2) is 5.92. The second-order valence-corrected chi connectivity index (χ2v) is 4.68. The fourth-order valence-electron chi connectivity index (χ4n) is 1.72. The summed E-state index contributed by atoms with van der Waals surface area (Å²) in [6, 6.07) is 4.82. The van der Waals surface area contributed by atoms with Crippen molar-refractivity contribution in [3.05, 3.63) is 64.2 Å². The topological polar surface area (TPSA) is 29.1 Å². The first kappa shape index (κ1) is 16.2. The molecule has 2 aromatic carbocycles. The summed E-state index contributed by atoms with van der Waals surface area (Å²) >= 11 is 5.51. The van der Waals surface area contributed by atoms with Gasteiger partial charge in [0.05, 0.1) is 16.1 Å². The Morgan fingerprint density at radius 1 is 1.05 bits per heavy atom. The Balaban J connectivity index is 2.35. The highest BCUT2D eigenvalue weighted by Crippen LogP contribution is 2.33. The van der Waals surface area contributed by atoms with E-state index in [9.17, 15) is 26.7 Å². The quantitative estimate of drug-likeness (QED) is 0.778. The number of carbonyl (C=O) groups is 1. The van der Waals surface area contributed by atoms with Crippen molar-refractivity contribution in [2.75, 3.05) is 5.32 Å². The third-order valence-corrected chi connectivity index (χ3v) is 3.00. The van der Waals surface area contributed by atoms with Gasteiger partial charge in [0.1, 0.15) is 11.6 Å². The molecule has 22 heavy (non-hydrogen) atoms. The third-order valence-electron chi connectivity index (χ3n) is 2.71. The first-order valence-electron chi connectivity index (χ1n) is 5.81. The minimum Gasteiger partial charge on any atom is -0.322 e. The molecule has 0 unspecified atom stereocenters. The van der Waals surface area contributed by atoms with Crippen molar-refractivity contribution in [3.8, 4) is 0 Å². The molecule has 0 bridgehead atoms. The molecule has 0 radical (unpaired) electrons. The van der Waals surface area contributed by atoms with Crippen LogP contribution in [0.15, 0.2) is 36.4 Å². The van der Waals surface area contributed by atoms with Crippen molar-refractivity contribution in [1.29, 1.82) is 0 Å². The maximum absolute atomic E-state index is 13.0. The fraction of sp³-hybridized carbons (Fsp3) is 0.0714. The van der Waals surface area contributed by atoms with E-state index in [2.05, 4.69) is 5.32 Å². The van der Waals surface area contributed by atoms with Crippen molar-refractivity contribution < 1.29 is 26.7 Å². The van der Waals surface area contributed by atoms with E-state index in [4.69, 9.17) is 11.6 Å². The second-order valence-electron chi connectivity index (χ2n) is 4.27. The predicted molar refractivity (Wildman–Crippen MR) is 70.8 cm³/mol. The van der Waals surface area contributed by atoms with Crippen molar-refractivity contribution in [2.24, 2.45) is 0 Å². The number of nitrogens with one attached hydrogen (secondary N) is 1. The van der Waals surface area contributed by atoms with Crippen molar-refractivity contribution >= 4 is 23.2 Å². The Morgan fingerprint density at radius 3 is 2.32 bits per heavy atom. The molecule has 2 nitrogen and oxygen atoms in total. The molecule has 0 saturated carbocycles. The van der Waals surface area contributed by atoms with E-state index in [0.717, 1.165) is 30.3 Å². The highest BCUT2D eigenvalue weighted by molar-refractivity contribution is 6.31. The number of rotatable bonds is 2. The highest BCUT2D eigenvalue weighted by Gasteiger charge is 2.35. The first-order valence-corrected chi connectivity index (χ1v) is 6.19. The number of benzene rings is 2. The molecule has 0 aliphatic carbocycles. The largest absolute Gasteiger partial charge is 0.417 e. The smallest absolute Gasteiger partial charge is 0.322 e. The van der Waals surface area contributed by atoms with Gasteiger partial charge in [-0.2, -0.15) is 13.2 Å². The molecule has 0 heterocycles. The lowest BCUT2D eigenvalue weighted by Gasteiger charge is -2.13. The van der Waals surface area contributed by atoms with Crippen LogP contribution in [0.4, 0.5) is 27.6 Å². The van der Waals surface area contributed by atoms with Crippen molar-refractivity contribution in [2.45, 2.75) is 6.18 Å². The summed E-state index contributed by atoms with van der Waals surface area (Å²) in [4.78, 5) is 11.9. The number of hydrogen-bond donors (Lipinski definition) is 1. The van der Waals surface area contributed by atoms with Crippen LogP contribution in [0.3, 0.4) is 0 Å². The summed E-state index contributed by atoms with van der Waals surface area (Å²) < 4.78 is 64.4. The molecule has 2 rings (SSSR count). The molecule has 0 aliphatic heterocycles. The molecule has 0 spiro atoms. The van der Waals surface area contributed by atoms with E-state index in [1.807, 2.05) is 0 Å². The van der Waals surface area contributed by atoms with Gasteiger partial charge in [0.2, 0.25) is 0 Å². The maximum atomic E-state index is 13.0. The Morgan fingerprint density at radius 2 is 1.73 bits per heavy atom. The zero-order chi connectivity index (χ0) is 16.5. The van der Waals surface area contributed by atoms with Gasteiger partial charge in [0, 0.05) is 5.69 Å². The molecule has 116 valence electrons. The minimum absolute atomic E-state index is 0.00819. The van der Waals surface area contributed by atoms with Gasteiger partial charge in [-0.3, -0.25) is 4.79 Å². The zero-order valence-corrected chi connectivity index (χ0v) is 11.4. The molecule has 0 aliphatic rings. The monoisotopic (exact) mass is 335 g/mol. The van der Waals surface area contributed by atoms with Crippen LogP contribution < -0.4 is 5.32 Å². The molecule has 0 aromatic heterocycles.